The Bertz CT molecular complexity index is 421. The molecule has 19 heavy (non-hydrogen) atoms. The fraction of sp³-hybridized carbons (Fsp3) is 0.625. The van der Waals surface area contributed by atoms with E-state index in [4.69, 9.17) is 0 Å². The van der Waals surface area contributed by atoms with Crippen molar-refractivity contribution in [2.24, 2.45) is 11.8 Å². The summed E-state index contributed by atoms with van der Waals surface area (Å²) in [7, 11) is 2.03. The van der Waals surface area contributed by atoms with Gasteiger partial charge in [-0.25, -0.2) is 4.39 Å². The molecule has 0 saturated heterocycles. The number of hydrogen-bond donors (Lipinski definition) is 1. The molecule has 3 heteroatoms. The van der Waals surface area contributed by atoms with E-state index in [2.05, 4.69) is 34.8 Å². The van der Waals surface area contributed by atoms with Crippen molar-refractivity contribution in [1.29, 1.82) is 0 Å². The molecule has 1 aliphatic carbocycles. The number of nitrogens with one attached hydrogen (secondary N) is 1. The van der Waals surface area contributed by atoms with Crippen LogP contribution in [0.3, 0.4) is 0 Å². The SMILES string of the molecule is CCC1CCCC(C(NC)c2ccc(F)cc2I)C1. The monoisotopic (exact) mass is 375 g/mol. The van der Waals surface area contributed by atoms with Crippen molar-refractivity contribution in [3.63, 3.8) is 0 Å². The molecule has 1 fully saturated rings. The summed E-state index contributed by atoms with van der Waals surface area (Å²) in [4.78, 5) is 0. The highest BCUT2D eigenvalue weighted by Gasteiger charge is 2.28. The van der Waals surface area contributed by atoms with Gasteiger partial charge < -0.3 is 5.32 Å². The van der Waals surface area contributed by atoms with Crippen molar-refractivity contribution < 1.29 is 4.39 Å². The zero-order chi connectivity index (χ0) is 13.8. The fourth-order valence-corrected chi connectivity index (χ4v) is 4.22. The topological polar surface area (TPSA) is 12.0 Å². The summed E-state index contributed by atoms with van der Waals surface area (Å²) in [5.41, 5.74) is 1.26. The Kier molecular flexibility index (Phi) is 5.63. The molecular formula is C16H23FIN. The molecule has 106 valence electrons. The molecule has 0 bridgehead atoms. The van der Waals surface area contributed by atoms with Crippen LogP contribution in [0.15, 0.2) is 18.2 Å². The summed E-state index contributed by atoms with van der Waals surface area (Å²) in [6.45, 7) is 2.29. The maximum Gasteiger partial charge on any atom is 0.124 e. The van der Waals surface area contributed by atoms with Crippen molar-refractivity contribution in [2.75, 3.05) is 7.05 Å². The van der Waals surface area contributed by atoms with Gasteiger partial charge in [0.05, 0.1) is 0 Å². The first-order valence-corrected chi connectivity index (χ1v) is 8.35. The Hall–Kier alpha value is -0.160. The van der Waals surface area contributed by atoms with Crippen LogP contribution in [0.1, 0.15) is 50.6 Å². The molecule has 2 rings (SSSR count). The van der Waals surface area contributed by atoms with Gasteiger partial charge in [-0.2, -0.15) is 0 Å². The molecule has 1 aliphatic rings. The standard InChI is InChI=1S/C16H23FIN/c1-3-11-5-4-6-12(9-11)16(19-2)14-8-7-13(17)10-15(14)18/h7-8,10-12,16,19H,3-6,9H2,1-2H3. The van der Waals surface area contributed by atoms with E-state index in [-0.39, 0.29) is 5.82 Å². The van der Waals surface area contributed by atoms with Crippen LogP contribution in [0.2, 0.25) is 0 Å². The highest BCUT2D eigenvalue weighted by Crippen LogP contribution is 2.39. The molecule has 0 aliphatic heterocycles. The average molecular weight is 375 g/mol. The molecular weight excluding hydrogens is 352 g/mol. The minimum absolute atomic E-state index is 0.141. The summed E-state index contributed by atoms with van der Waals surface area (Å²) in [6.07, 6.45) is 6.58. The molecule has 0 spiro atoms. The van der Waals surface area contributed by atoms with E-state index in [1.165, 1.54) is 37.7 Å². The van der Waals surface area contributed by atoms with Crippen molar-refractivity contribution in [3.8, 4) is 0 Å². The summed E-state index contributed by atoms with van der Waals surface area (Å²) < 4.78 is 14.3. The van der Waals surface area contributed by atoms with Gasteiger partial charge in [-0.15, -0.1) is 0 Å². The first-order chi connectivity index (χ1) is 9.15. The number of rotatable bonds is 4. The molecule has 1 aromatic carbocycles. The molecule has 0 amide bonds. The van der Waals surface area contributed by atoms with Crippen LogP contribution < -0.4 is 5.32 Å². The van der Waals surface area contributed by atoms with E-state index < -0.39 is 0 Å². The Morgan fingerprint density at radius 3 is 2.84 bits per heavy atom. The Morgan fingerprint density at radius 1 is 1.42 bits per heavy atom. The van der Waals surface area contributed by atoms with Crippen LogP contribution in [-0.4, -0.2) is 7.05 Å². The summed E-state index contributed by atoms with van der Waals surface area (Å²) in [5, 5.41) is 3.47. The lowest BCUT2D eigenvalue weighted by Gasteiger charge is -2.35. The van der Waals surface area contributed by atoms with E-state index in [0.717, 1.165) is 9.49 Å². The van der Waals surface area contributed by atoms with Gasteiger partial charge in [0.15, 0.2) is 0 Å². The minimum Gasteiger partial charge on any atom is -0.313 e. The van der Waals surface area contributed by atoms with E-state index in [1.807, 2.05) is 13.1 Å². The quantitative estimate of drug-likeness (QED) is 0.738. The Morgan fingerprint density at radius 2 is 2.21 bits per heavy atom. The maximum absolute atomic E-state index is 13.2. The van der Waals surface area contributed by atoms with Crippen molar-refractivity contribution in [3.05, 3.63) is 33.1 Å². The van der Waals surface area contributed by atoms with Crippen LogP contribution in [0.4, 0.5) is 4.39 Å². The average Bonchev–Trinajstić information content (AvgIpc) is 2.42. The molecule has 0 aromatic heterocycles. The number of hydrogen-bond acceptors (Lipinski definition) is 1. The zero-order valence-corrected chi connectivity index (χ0v) is 13.9. The van der Waals surface area contributed by atoms with Gasteiger partial charge in [0, 0.05) is 9.61 Å². The van der Waals surface area contributed by atoms with Gasteiger partial charge >= 0.3 is 0 Å². The summed E-state index contributed by atoms with van der Waals surface area (Å²) >= 11 is 2.26. The predicted octanol–water partition coefficient (Wildman–Crippen LogP) is 4.91. The second kappa shape index (κ2) is 7.02. The van der Waals surface area contributed by atoms with Crippen LogP contribution in [0.25, 0.3) is 0 Å². The predicted molar refractivity (Wildman–Crippen MR) is 86.7 cm³/mol. The van der Waals surface area contributed by atoms with Crippen LogP contribution in [0.5, 0.6) is 0 Å². The number of benzene rings is 1. The lowest BCUT2D eigenvalue weighted by molar-refractivity contribution is 0.214. The molecule has 0 radical (unpaired) electrons. The molecule has 3 unspecified atom stereocenters. The molecule has 1 N–H and O–H groups in total. The lowest BCUT2D eigenvalue weighted by atomic mass is 9.75. The first-order valence-electron chi connectivity index (χ1n) is 7.28. The third-order valence-corrected chi connectivity index (χ3v) is 5.41. The second-order valence-corrected chi connectivity index (χ2v) is 6.80. The van der Waals surface area contributed by atoms with Crippen molar-refractivity contribution in [2.45, 2.75) is 45.1 Å². The Labute approximate surface area is 129 Å². The fourth-order valence-electron chi connectivity index (χ4n) is 3.40. The van der Waals surface area contributed by atoms with Gasteiger partial charge in [-0.3, -0.25) is 0 Å². The Balaban J connectivity index is 2.19. The van der Waals surface area contributed by atoms with Crippen LogP contribution in [0, 0.1) is 21.2 Å². The molecule has 0 heterocycles. The zero-order valence-electron chi connectivity index (χ0n) is 11.8. The third kappa shape index (κ3) is 3.69. The summed E-state index contributed by atoms with van der Waals surface area (Å²) in [5.74, 6) is 1.41. The van der Waals surface area contributed by atoms with E-state index in [1.54, 1.807) is 12.1 Å². The van der Waals surface area contributed by atoms with Gasteiger partial charge in [-0.05, 0) is 72.0 Å². The van der Waals surface area contributed by atoms with Crippen LogP contribution >= 0.6 is 22.6 Å². The number of halogens is 2. The first kappa shape index (κ1) is 15.2. The van der Waals surface area contributed by atoms with E-state index in [0.29, 0.717) is 12.0 Å². The maximum atomic E-state index is 13.2. The normalized spacial score (nSPS) is 25.3. The molecule has 1 aromatic rings. The van der Waals surface area contributed by atoms with Crippen LogP contribution in [-0.2, 0) is 0 Å². The second-order valence-electron chi connectivity index (χ2n) is 5.63. The minimum atomic E-state index is -0.141. The molecule has 1 nitrogen and oxygen atoms in total. The lowest BCUT2D eigenvalue weighted by Crippen LogP contribution is -2.30. The van der Waals surface area contributed by atoms with E-state index >= 15 is 0 Å². The van der Waals surface area contributed by atoms with Gasteiger partial charge in [0.1, 0.15) is 5.82 Å². The van der Waals surface area contributed by atoms with Gasteiger partial charge in [-0.1, -0.05) is 32.3 Å². The van der Waals surface area contributed by atoms with Crippen molar-refractivity contribution in [1.82, 2.24) is 5.32 Å². The van der Waals surface area contributed by atoms with Gasteiger partial charge in [0.25, 0.3) is 0 Å². The highest BCUT2D eigenvalue weighted by molar-refractivity contribution is 14.1. The largest absolute Gasteiger partial charge is 0.313 e. The van der Waals surface area contributed by atoms with E-state index in [9.17, 15) is 4.39 Å². The highest BCUT2D eigenvalue weighted by atomic mass is 127. The van der Waals surface area contributed by atoms with Crippen molar-refractivity contribution >= 4 is 22.6 Å². The molecule has 1 saturated carbocycles. The van der Waals surface area contributed by atoms with Gasteiger partial charge in [0.2, 0.25) is 0 Å². The molecule has 3 atom stereocenters. The smallest absolute Gasteiger partial charge is 0.124 e. The third-order valence-electron chi connectivity index (χ3n) is 4.48. The summed E-state index contributed by atoms with van der Waals surface area (Å²) in [6, 6.07) is 5.54.